The van der Waals surface area contributed by atoms with Crippen LogP contribution in [0.4, 0.5) is 18.4 Å². The normalized spacial score (nSPS) is 27.7. The smallest absolute Gasteiger partial charge is 0.410 e. The third-order valence-corrected chi connectivity index (χ3v) is 4.44. The molecule has 0 saturated carbocycles. The van der Waals surface area contributed by atoms with Crippen molar-refractivity contribution in [2.45, 2.75) is 90.0 Å². The Bertz CT molecular complexity index is 530. The Morgan fingerprint density at radius 2 is 1.07 bits per heavy atom. The van der Waals surface area contributed by atoms with E-state index in [9.17, 15) is 18.4 Å². The van der Waals surface area contributed by atoms with Crippen LogP contribution in [0.5, 0.6) is 0 Å². The predicted molar refractivity (Wildman–Crippen MR) is 111 cm³/mol. The molecule has 176 valence electrons. The summed E-state index contributed by atoms with van der Waals surface area (Å²) in [5.41, 5.74) is 10.1. The Hall–Kier alpha value is -1.68. The lowest BCUT2D eigenvalue weighted by Gasteiger charge is -2.34. The molecule has 0 bridgehead atoms. The molecule has 10 heteroatoms. The number of carbonyl (C=O) groups is 2. The van der Waals surface area contributed by atoms with Crippen LogP contribution in [-0.4, -0.2) is 83.8 Å². The first kappa shape index (κ1) is 26.4. The summed E-state index contributed by atoms with van der Waals surface area (Å²) in [7, 11) is 0. The Labute approximate surface area is 178 Å². The van der Waals surface area contributed by atoms with Crippen molar-refractivity contribution in [2.75, 3.05) is 26.2 Å². The lowest BCUT2D eigenvalue weighted by atomic mass is 10.1. The number of alkyl halides is 2. The number of likely N-dealkylation sites (tertiary alicyclic amines) is 2. The van der Waals surface area contributed by atoms with Crippen LogP contribution >= 0.6 is 0 Å². The average molecular weight is 437 g/mol. The van der Waals surface area contributed by atoms with Gasteiger partial charge in [0.1, 0.15) is 23.5 Å². The molecule has 0 spiro atoms. The van der Waals surface area contributed by atoms with Crippen LogP contribution in [0.1, 0.15) is 54.4 Å². The van der Waals surface area contributed by atoms with Crippen molar-refractivity contribution < 1.29 is 27.8 Å². The molecule has 2 aliphatic rings. The number of amides is 2. The second kappa shape index (κ2) is 10.6. The van der Waals surface area contributed by atoms with Gasteiger partial charge in [0.25, 0.3) is 0 Å². The van der Waals surface area contributed by atoms with Crippen LogP contribution in [-0.2, 0) is 9.47 Å². The molecule has 30 heavy (non-hydrogen) atoms. The number of nitrogens with two attached hydrogens (primary N) is 2. The van der Waals surface area contributed by atoms with Gasteiger partial charge in [-0.2, -0.15) is 0 Å². The van der Waals surface area contributed by atoms with E-state index < -0.39 is 47.8 Å². The highest BCUT2D eigenvalue weighted by molar-refractivity contribution is 5.68. The van der Waals surface area contributed by atoms with E-state index in [-0.39, 0.29) is 13.1 Å². The quantitative estimate of drug-likeness (QED) is 0.604. The van der Waals surface area contributed by atoms with Gasteiger partial charge < -0.3 is 30.7 Å². The predicted octanol–water partition coefficient (Wildman–Crippen LogP) is 2.59. The van der Waals surface area contributed by atoms with E-state index >= 15 is 0 Å². The molecule has 2 fully saturated rings. The second-order valence-corrected chi connectivity index (χ2v) is 9.79. The summed E-state index contributed by atoms with van der Waals surface area (Å²) in [4.78, 5) is 26.1. The summed E-state index contributed by atoms with van der Waals surface area (Å²) in [6, 6.07) is -1.18. The first-order valence-corrected chi connectivity index (χ1v) is 10.3. The van der Waals surface area contributed by atoms with Crippen molar-refractivity contribution in [3.8, 4) is 0 Å². The van der Waals surface area contributed by atoms with Gasteiger partial charge in [0, 0.05) is 26.2 Å². The molecule has 4 N–H and O–H groups in total. The number of carbonyl (C=O) groups excluding carboxylic acids is 2. The zero-order chi connectivity index (χ0) is 23.3. The van der Waals surface area contributed by atoms with E-state index in [1.165, 1.54) is 9.80 Å². The van der Waals surface area contributed by atoms with E-state index in [1.807, 2.05) is 0 Å². The van der Waals surface area contributed by atoms with Crippen molar-refractivity contribution in [2.24, 2.45) is 11.5 Å². The molecule has 2 amide bonds. The fraction of sp³-hybridized carbons (Fsp3) is 0.900. The molecule has 0 radical (unpaired) electrons. The molecular formula is C20H38F2N4O4. The molecule has 0 aromatic heterocycles. The van der Waals surface area contributed by atoms with Crippen LogP contribution < -0.4 is 11.5 Å². The third-order valence-electron chi connectivity index (χ3n) is 4.44. The molecule has 2 rings (SSSR count). The van der Waals surface area contributed by atoms with E-state index in [0.29, 0.717) is 25.9 Å². The van der Waals surface area contributed by atoms with Gasteiger partial charge in [-0.15, -0.1) is 0 Å². The van der Waals surface area contributed by atoms with Gasteiger partial charge in [-0.25, -0.2) is 18.4 Å². The Morgan fingerprint density at radius 1 is 0.767 bits per heavy atom. The minimum absolute atomic E-state index is 0.232. The van der Waals surface area contributed by atoms with Crippen LogP contribution in [0.2, 0.25) is 0 Å². The number of piperidine rings is 2. The number of ether oxygens (including phenoxy) is 2. The molecule has 8 nitrogen and oxygen atoms in total. The zero-order valence-electron chi connectivity index (χ0n) is 19.0. The summed E-state index contributed by atoms with van der Waals surface area (Å²) < 4.78 is 36.4. The first-order valence-electron chi connectivity index (χ1n) is 10.3. The molecule has 2 aliphatic heterocycles. The lowest BCUT2D eigenvalue weighted by Crippen LogP contribution is -2.52. The van der Waals surface area contributed by atoms with Crippen molar-refractivity contribution >= 4 is 12.2 Å². The lowest BCUT2D eigenvalue weighted by molar-refractivity contribution is 0.0128. The van der Waals surface area contributed by atoms with E-state index in [2.05, 4.69) is 0 Å². The monoisotopic (exact) mass is 436 g/mol. The summed E-state index contributed by atoms with van der Waals surface area (Å²) in [5, 5.41) is 0. The maximum absolute atomic E-state index is 13.0. The van der Waals surface area contributed by atoms with Gasteiger partial charge in [0.05, 0.1) is 12.1 Å². The van der Waals surface area contributed by atoms with Gasteiger partial charge in [-0.1, -0.05) is 0 Å². The summed E-state index contributed by atoms with van der Waals surface area (Å²) in [6.45, 7) is 12.0. The molecule has 2 saturated heterocycles. The summed E-state index contributed by atoms with van der Waals surface area (Å²) >= 11 is 0. The fourth-order valence-corrected chi connectivity index (χ4v) is 2.89. The molecule has 0 aromatic carbocycles. The van der Waals surface area contributed by atoms with Crippen LogP contribution in [0.25, 0.3) is 0 Å². The SMILES string of the molecule is CC(C)(C)OC(=O)N1CC[C@@H](F)[C@H](N)C1.CC(C)(C)OC(=O)N1CC[C@H](F)[C@@H](N)C1. The standard InChI is InChI=1S/2C10H19FN2O2/c2*1-10(2,3)15-9(14)13-5-4-7(11)8(12)6-13/h2*7-8H,4-6,12H2,1-3H3/t2*7-,8-/m10/s1. The Morgan fingerprint density at radius 3 is 1.30 bits per heavy atom. The van der Waals surface area contributed by atoms with Crippen molar-refractivity contribution in [3.63, 3.8) is 0 Å². The third kappa shape index (κ3) is 9.42. The highest BCUT2D eigenvalue weighted by Gasteiger charge is 2.32. The minimum Gasteiger partial charge on any atom is -0.444 e. The van der Waals surface area contributed by atoms with Gasteiger partial charge in [0.15, 0.2) is 0 Å². The second-order valence-electron chi connectivity index (χ2n) is 9.79. The number of hydrogen-bond acceptors (Lipinski definition) is 6. The van der Waals surface area contributed by atoms with E-state index in [0.717, 1.165) is 0 Å². The zero-order valence-corrected chi connectivity index (χ0v) is 19.0. The molecule has 2 heterocycles. The van der Waals surface area contributed by atoms with Crippen molar-refractivity contribution in [1.82, 2.24) is 9.80 Å². The van der Waals surface area contributed by atoms with Gasteiger partial charge in [-0.3, -0.25) is 0 Å². The number of halogens is 2. The largest absolute Gasteiger partial charge is 0.444 e. The van der Waals surface area contributed by atoms with E-state index in [4.69, 9.17) is 20.9 Å². The van der Waals surface area contributed by atoms with Gasteiger partial charge in [0.2, 0.25) is 0 Å². The molecular weight excluding hydrogens is 398 g/mol. The maximum Gasteiger partial charge on any atom is 0.410 e. The van der Waals surface area contributed by atoms with Crippen molar-refractivity contribution in [1.29, 1.82) is 0 Å². The molecule has 0 unspecified atom stereocenters. The van der Waals surface area contributed by atoms with Crippen LogP contribution in [0.15, 0.2) is 0 Å². The highest BCUT2D eigenvalue weighted by Crippen LogP contribution is 2.17. The molecule has 0 aromatic rings. The highest BCUT2D eigenvalue weighted by atomic mass is 19.1. The molecule has 0 aliphatic carbocycles. The number of rotatable bonds is 0. The topological polar surface area (TPSA) is 111 Å². The summed E-state index contributed by atoms with van der Waals surface area (Å²) in [6.07, 6.45) is -2.26. The number of nitrogens with zero attached hydrogens (tertiary/aromatic N) is 2. The van der Waals surface area contributed by atoms with E-state index in [1.54, 1.807) is 41.5 Å². The van der Waals surface area contributed by atoms with Crippen LogP contribution in [0.3, 0.4) is 0 Å². The fourth-order valence-electron chi connectivity index (χ4n) is 2.89. The minimum atomic E-state index is -1.01. The maximum atomic E-state index is 13.0. The average Bonchev–Trinajstić information content (AvgIpc) is 2.57. The van der Waals surface area contributed by atoms with Crippen molar-refractivity contribution in [3.05, 3.63) is 0 Å². The summed E-state index contributed by atoms with van der Waals surface area (Å²) in [5.74, 6) is 0. The van der Waals surface area contributed by atoms with Crippen LogP contribution in [0, 0.1) is 0 Å². The number of hydrogen-bond donors (Lipinski definition) is 2. The van der Waals surface area contributed by atoms with Gasteiger partial charge in [-0.05, 0) is 54.4 Å². The Kier molecular flexibility index (Phi) is 9.28. The van der Waals surface area contributed by atoms with Gasteiger partial charge >= 0.3 is 12.2 Å². The molecule has 4 atom stereocenters. The Balaban J connectivity index is 0.000000300. The first-order chi connectivity index (χ1) is 13.6.